The van der Waals surface area contributed by atoms with Gasteiger partial charge in [0.2, 0.25) is 0 Å². The van der Waals surface area contributed by atoms with E-state index in [1.807, 2.05) is 6.07 Å². The van der Waals surface area contributed by atoms with Crippen molar-refractivity contribution in [2.24, 2.45) is 0 Å². The molecule has 2 rings (SSSR count). The first kappa shape index (κ1) is 15.6. The highest BCUT2D eigenvalue weighted by Gasteiger charge is 2.16. The average molecular weight is 316 g/mol. The van der Waals surface area contributed by atoms with E-state index < -0.39 is 0 Å². The first-order chi connectivity index (χ1) is 9.65. The molecule has 0 atom stereocenters. The van der Waals surface area contributed by atoms with E-state index in [9.17, 15) is 4.79 Å². The summed E-state index contributed by atoms with van der Waals surface area (Å²) in [5.74, 6) is 0.0907. The Morgan fingerprint density at radius 1 is 1.15 bits per heavy atom. The molecule has 0 aromatic heterocycles. The van der Waals surface area contributed by atoms with E-state index in [1.165, 1.54) is 30.6 Å². The highest BCUT2D eigenvalue weighted by atomic mass is 35.5. The fraction of sp³-hybridized carbons (Fsp3) is 0.533. The van der Waals surface area contributed by atoms with Crippen LogP contribution in [-0.4, -0.2) is 25.5 Å². The third-order valence-corrected chi connectivity index (χ3v) is 4.30. The first-order valence-electron chi connectivity index (χ1n) is 7.19. The average Bonchev–Trinajstić information content (AvgIpc) is 2.66. The molecule has 1 aromatic rings. The standard InChI is InChI=1S/C15H20Cl2N2O/c16-13-6-5-12(14(17)9-13)10-18-15(20)11-19-7-3-1-2-4-8-19/h5-6,9H,1-4,7-8,10-11H2,(H,18,20)/p+1. The second-order valence-corrected chi connectivity index (χ2v) is 6.20. The Hall–Kier alpha value is -0.770. The van der Waals surface area contributed by atoms with Crippen LogP contribution in [-0.2, 0) is 11.3 Å². The van der Waals surface area contributed by atoms with Gasteiger partial charge in [-0.25, -0.2) is 0 Å². The van der Waals surface area contributed by atoms with Crippen molar-refractivity contribution in [3.8, 4) is 0 Å². The molecule has 1 amide bonds. The number of rotatable bonds is 4. The summed E-state index contributed by atoms with van der Waals surface area (Å²) in [5, 5.41) is 4.15. The van der Waals surface area contributed by atoms with E-state index >= 15 is 0 Å². The number of benzene rings is 1. The molecule has 20 heavy (non-hydrogen) atoms. The molecule has 0 radical (unpaired) electrons. The van der Waals surface area contributed by atoms with Crippen LogP contribution < -0.4 is 10.2 Å². The lowest BCUT2D eigenvalue weighted by Crippen LogP contribution is -3.13. The zero-order valence-corrected chi connectivity index (χ0v) is 13.1. The zero-order valence-electron chi connectivity index (χ0n) is 11.6. The maximum Gasteiger partial charge on any atom is 0.275 e. The molecule has 0 spiro atoms. The molecular formula is C15H21Cl2N2O+. The Morgan fingerprint density at radius 2 is 1.85 bits per heavy atom. The normalized spacial score (nSPS) is 16.7. The molecule has 1 heterocycles. The molecule has 3 nitrogen and oxygen atoms in total. The summed E-state index contributed by atoms with van der Waals surface area (Å²) in [7, 11) is 0. The summed E-state index contributed by atoms with van der Waals surface area (Å²) in [4.78, 5) is 13.4. The Kier molecular flexibility index (Phi) is 6.14. The number of likely N-dealkylation sites (tertiary alicyclic amines) is 1. The topological polar surface area (TPSA) is 33.5 Å². The Labute approximate surface area is 130 Å². The van der Waals surface area contributed by atoms with Gasteiger partial charge in [0.25, 0.3) is 5.91 Å². The van der Waals surface area contributed by atoms with Crippen molar-refractivity contribution in [1.29, 1.82) is 0 Å². The summed E-state index contributed by atoms with van der Waals surface area (Å²) in [6.45, 7) is 3.23. The van der Waals surface area contributed by atoms with Gasteiger partial charge >= 0.3 is 0 Å². The van der Waals surface area contributed by atoms with Gasteiger partial charge in [-0.15, -0.1) is 0 Å². The van der Waals surface area contributed by atoms with Gasteiger partial charge in [0, 0.05) is 16.6 Å². The molecule has 1 fully saturated rings. The SMILES string of the molecule is O=C(C[NH+]1CCCCCC1)NCc1ccc(Cl)cc1Cl. The number of carbonyl (C=O) groups is 1. The molecule has 0 saturated carbocycles. The van der Waals surface area contributed by atoms with Crippen molar-refractivity contribution in [3.63, 3.8) is 0 Å². The highest BCUT2D eigenvalue weighted by molar-refractivity contribution is 6.35. The molecule has 2 N–H and O–H groups in total. The number of amides is 1. The molecule has 1 aromatic carbocycles. The van der Waals surface area contributed by atoms with Crippen LogP contribution in [0.5, 0.6) is 0 Å². The third-order valence-electron chi connectivity index (χ3n) is 3.71. The highest BCUT2D eigenvalue weighted by Crippen LogP contribution is 2.20. The van der Waals surface area contributed by atoms with Crippen molar-refractivity contribution in [1.82, 2.24) is 5.32 Å². The minimum atomic E-state index is 0.0907. The number of nitrogens with one attached hydrogen (secondary N) is 2. The quantitative estimate of drug-likeness (QED) is 0.876. The second kappa shape index (κ2) is 7.87. The van der Waals surface area contributed by atoms with Gasteiger partial charge in [-0.05, 0) is 43.4 Å². The number of carbonyl (C=O) groups excluding carboxylic acids is 1. The van der Waals surface area contributed by atoms with E-state index in [0.29, 0.717) is 23.1 Å². The molecule has 0 bridgehead atoms. The zero-order chi connectivity index (χ0) is 14.4. The second-order valence-electron chi connectivity index (χ2n) is 5.35. The van der Waals surface area contributed by atoms with Gasteiger partial charge in [0.05, 0.1) is 13.1 Å². The summed E-state index contributed by atoms with van der Waals surface area (Å²) >= 11 is 11.9. The van der Waals surface area contributed by atoms with Crippen LogP contribution in [0.15, 0.2) is 18.2 Å². The lowest BCUT2D eigenvalue weighted by Gasteiger charge is -2.16. The number of quaternary nitrogens is 1. The number of hydrogen-bond donors (Lipinski definition) is 2. The first-order valence-corrected chi connectivity index (χ1v) is 7.95. The van der Waals surface area contributed by atoms with Gasteiger partial charge in [-0.2, -0.15) is 0 Å². The van der Waals surface area contributed by atoms with Crippen molar-refractivity contribution < 1.29 is 9.69 Å². The third kappa shape index (κ3) is 4.97. The lowest BCUT2D eigenvalue weighted by atomic mass is 10.2. The fourth-order valence-corrected chi connectivity index (χ4v) is 3.03. The van der Waals surface area contributed by atoms with E-state index in [0.717, 1.165) is 18.7 Å². The van der Waals surface area contributed by atoms with E-state index in [1.54, 1.807) is 12.1 Å². The van der Waals surface area contributed by atoms with E-state index in [-0.39, 0.29) is 5.91 Å². The van der Waals surface area contributed by atoms with Crippen LogP contribution >= 0.6 is 23.2 Å². The minimum absolute atomic E-state index is 0.0907. The van der Waals surface area contributed by atoms with Gasteiger partial charge in [-0.1, -0.05) is 29.3 Å². The molecule has 0 unspecified atom stereocenters. The van der Waals surface area contributed by atoms with Crippen LogP contribution in [0.3, 0.4) is 0 Å². The Balaban J connectivity index is 1.79. The molecule has 1 aliphatic rings. The summed E-state index contributed by atoms with van der Waals surface area (Å²) in [6.07, 6.45) is 5.05. The fourth-order valence-electron chi connectivity index (χ4n) is 2.55. The molecular weight excluding hydrogens is 295 g/mol. The summed E-state index contributed by atoms with van der Waals surface area (Å²) < 4.78 is 0. The van der Waals surface area contributed by atoms with Crippen LogP contribution in [0.2, 0.25) is 10.0 Å². The van der Waals surface area contributed by atoms with Crippen molar-refractivity contribution in [2.45, 2.75) is 32.2 Å². The van der Waals surface area contributed by atoms with Gasteiger partial charge in [0.15, 0.2) is 6.54 Å². The van der Waals surface area contributed by atoms with E-state index in [4.69, 9.17) is 23.2 Å². The van der Waals surface area contributed by atoms with Crippen LogP contribution in [0.25, 0.3) is 0 Å². The maximum atomic E-state index is 12.0. The smallest absolute Gasteiger partial charge is 0.275 e. The van der Waals surface area contributed by atoms with Crippen molar-refractivity contribution in [3.05, 3.63) is 33.8 Å². The largest absolute Gasteiger partial charge is 0.347 e. The van der Waals surface area contributed by atoms with Crippen LogP contribution in [0, 0.1) is 0 Å². The van der Waals surface area contributed by atoms with Gasteiger partial charge in [0.1, 0.15) is 0 Å². The lowest BCUT2D eigenvalue weighted by molar-refractivity contribution is -0.891. The van der Waals surface area contributed by atoms with Crippen LogP contribution in [0.4, 0.5) is 0 Å². The monoisotopic (exact) mass is 315 g/mol. The van der Waals surface area contributed by atoms with Crippen molar-refractivity contribution in [2.75, 3.05) is 19.6 Å². The van der Waals surface area contributed by atoms with E-state index in [2.05, 4.69) is 5.32 Å². The predicted octanol–water partition coefficient (Wildman–Crippen LogP) is 2.07. The Morgan fingerprint density at radius 3 is 2.50 bits per heavy atom. The number of hydrogen-bond acceptors (Lipinski definition) is 1. The maximum absolute atomic E-state index is 12.0. The van der Waals surface area contributed by atoms with Gasteiger partial charge in [-0.3, -0.25) is 4.79 Å². The Bertz CT molecular complexity index is 457. The minimum Gasteiger partial charge on any atom is -0.347 e. The summed E-state index contributed by atoms with van der Waals surface area (Å²) in [6, 6.07) is 5.34. The molecule has 1 saturated heterocycles. The molecule has 5 heteroatoms. The molecule has 110 valence electrons. The number of halogens is 2. The predicted molar refractivity (Wildman–Crippen MR) is 82.3 cm³/mol. The molecule has 1 aliphatic heterocycles. The van der Waals surface area contributed by atoms with Crippen molar-refractivity contribution >= 4 is 29.1 Å². The molecule has 0 aliphatic carbocycles. The summed E-state index contributed by atoms with van der Waals surface area (Å²) in [5.41, 5.74) is 0.898. The van der Waals surface area contributed by atoms with Crippen LogP contribution in [0.1, 0.15) is 31.2 Å². The van der Waals surface area contributed by atoms with Gasteiger partial charge < -0.3 is 10.2 Å².